The summed E-state index contributed by atoms with van der Waals surface area (Å²) in [6.45, 7) is 7.07. The number of allylic oxidation sites excluding steroid dienone is 4. The van der Waals surface area contributed by atoms with Gasteiger partial charge in [0.1, 0.15) is 0 Å². The number of hydrogen-bond acceptors (Lipinski definition) is 1. The third-order valence-electron chi connectivity index (χ3n) is 2.78. The fourth-order valence-corrected chi connectivity index (χ4v) is 1.97. The summed E-state index contributed by atoms with van der Waals surface area (Å²) < 4.78 is 0. The minimum Gasteiger partial charge on any atom is -0.512 e. The van der Waals surface area contributed by atoms with Crippen LogP contribution in [0.5, 0.6) is 0 Å². The molecule has 1 aliphatic rings. The summed E-state index contributed by atoms with van der Waals surface area (Å²) in [6, 6.07) is 10.7. The van der Waals surface area contributed by atoms with Crippen molar-refractivity contribution in [2.24, 2.45) is 5.41 Å². The van der Waals surface area contributed by atoms with Crippen molar-refractivity contribution in [3.05, 3.63) is 66.8 Å². The highest BCUT2D eigenvalue weighted by Gasteiger charge is 2.20. The second-order valence-electron chi connectivity index (χ2n) is 4.31. The van der Waals surface area contributed by atoms with E-state index in [0.29, 0.717) is 5.41 Å². The lowest BCUT2D eigenvalue weighted by molar-refractivity contribution is 0.427. The van der Waals surface area contributed by atoms with E-state index in [0.717, 1.165) is 12.8 Å². The molecule has 82 valence electrons. The Labute approximate surface area is 97.7 Å². The molecule has 16 heavy (non-hydrogen) atoms. The molecule has 1 atom stereocenters. The van der Waals surface area contributed by atoms with Crippen LogP contribution in [0.3, 0.4) is 0 Å². The first-order valence-electron chi connectivity index (χ1n) is 5.39. The maximum absolute atomic E-state index is 6.25. The van der Waals surface area contributed by atoms with Gasteiger partial charge in [-0.05, 0) is 23.8 Å². The molecule has 0 bridgehead atoms. The van der Waals surface area contributed by atoms with Gasteiger partial charge >= 0.3 is 0 Å². The molecule has 1 aromatic rings. The molecule has 0 radical (unpaired) electrons. The van der Waals surface area contributed by atoms with Gasteiger partial charge in [0, 0.05) is 0 Å². The Kier molecular flexibility index (Phi) is 4.54. The van der Waals surface area contributed by atoms with Crippen LogP contribution in [-0.2, 0) is 6.42 Å². The van der Waals surface area contributed by atoms with Crippen LogP contribution in [0.15, 0.2) is 54.6 Å². The lowest BCUT2D eigenvalue weighted by Gasteiger charge is -2.26. The maximum Gasteiger partial charge on any atom is -0.00685 e. The zero-order valence-electron chi connectivity index (χ0n) is 9.56. The van der Waals surface area contributed by atoms with Gasteiger partial charge in [-0.15, -0.1) is 0 Å². The van der Waals surface area contributed by atoms with Crippen LogP contribution in [0.1, 0.15) is 18.9 Å². The second kappa shape index (κ2) is 5.92. The molecule has 1 nitrogen and oxygen atoms in total. The van der Waals surface area contributed by atoms with Crippen LogP contribution in [-0.4, -0.2) is 0 Å². The predicted octanol–water partition coefficient (Wildman–Crippen LogP) is 3.85. The summed E-state index contributed by atoms with van der Waals surface area (Å²) in [4.78, 5) is 0. The first-order valence-corrected chi connectivity index (χ1v) is 5.39. The molecule has 0 fully saturated rings. The molecule has 1 aliphatic carbocycles. The molecule has 0 heterocycles. The van der Waals surface area contributed by atoms with E-state index < -0.39 is 0 Å². The molecule has 1 aromatic carbocycles. The van der Waals surface area contributed by atoms with Crippen molar-refractivity contribution >= 4 is 0 Å². The van der Waals surface area contributed by atoms with Crippen molar-refractivity contribution in [2.45, 2.75) is 19.8 Å². The topological polar surface area (TPSA) is 23.8 Å². The van der Waals surface area contributed by atoms with Gasteiger partial charge in [0.2, 0.25) is 0 Å². The van der Waals surface area contributed by atoms with Gasteiger partial charge in [0.15, 0.2) is 0 Å². The third-order valence-corrected chi connectivity index (χ3v) is 2.78. The first kappa shape index (κ1) is 12.3. The van der Waals surface area contributed by atoms with Gasteiger partial charge in [0.05, 0.1) is 0 Å². The van der Waals surface area contributed by atoms with Crippen LogP contribution >= 0.6 is 0 Å². The van der Waals surface area contributed by atoms with Gasteiger partial charge in [-0.2, -0.15) is 0 Å². The van der Waals surface area contributed by atoms with Crippen LogP contribution in [0, 0.1) is 17.2 Å². The standard InChI is InChI=1S/C14H16.CN/c1-14(10-6-3-7-11-14)12-13-8-4-2-5-9-13;1-2/h2-10H,11-12H2,1H3;/q;-1. The summed E-state index contributed by atoms with van der Waals surface area (Å²) in [5.41, 5.74) is 1.74. The quantitative estimate of drug-likeness (QED) is 0.680. The van der Waals surface area contributed by atoms with E-state index >= 15 is 0 Å². The zero-order valence-corrected chi connectivity index (χ0v) is 9.56. The van der Waals surface area contributed by atoms with Gasteiger partial charge in [0.25, 0.3) is 0 Å². The van der Waals surface area contributed by atoms with Gasteiger partial charge in [-0.25, -0.2) is 0 Å². The van der Waals surface area contributed by atoms with Gasteiger partial charge in [-0.1, -0.05) is 61.6 Å². The second-order valence-corrected chi connectivity index (χ2v) is 4.31. The van der Waals surface area contributed by atoms with Crippen molar-refractivity contribution in [1.82, 2.24) is 0 Å². The third kappa shape index (κ3) is 3.40. The monoisotopic (exact) mass is 210 g/mol. The number of benzene rings is 1. The molecular weight excluding hydrogens is 194 g/mol. The van der Waals surface area contributed by atoms with Crippen LogP contribution in [0.4, 0.5) is 0 Å². The van der Waals surface area contributed by atoms with E-state index in [-0.39, 0.29) is 0 Å². The zero-order chi connectivity index (χ0) is 11.9. The molecule has 1 unspecified atom stereocenters. The van der Waals surface area contributed by atoms with Gasteiger partial charge in [-0.3, -0.25) is 0 Å². The van der Waals surface area contributed by atoms with Crippen molar-refractivity contribution in [3.63, 3.8) is 0 Å². The Morgan fingerprint density at radius 1 is 1.19 bits per heavy atom. The minimum absolute atomic E-state index is 0.316. The molecule has 0 amide bonds. The largest absolute Gasteiger partial charge is 0.512 e. The van der Waals surface area contributed by atoms with Crippen LogP contribution in [0.2, 0.25) is 0 Å². The van der Waals surface area contributed by atoms with Crippen molar-refractivity contribution in [1.29, 1.82) is 5.26 Å². The minimum atomic E-state index is 0.316. The smallest absolute Gasteiger partial charge is 0.00685 e. The van der Waals surface area contributed by atoms with E-state index in [9.17, 15) is 0 Å². The normalized spacial score (nSPS) is 22.2. The van der Waals surface area contributed by atoms with E-state index in [1.54, 1.807) is 0 Å². The van der Waals surface area contributed by atoms with Crippen LogP contribution in [0.25, 0.3) is 0 Å². The van der Waals surface area contributed by atoms with E-state index in [1.807, 2.05) is 0 Å². The molecule has 2 rings (SSSR count). The molecule has 1 heteroatoms. The van der Waals surface area contributed by atoms with Crippen molar-refractivity contribution < 1.29 is 0 Å². The Hall–Kier alpha value is -1.81. The van der Waals surface area contributed by atoms with E-state index in [4.69, 9.17) is 11.8 Å². The van der Waals surface area contributed by atoms with Crippen LogP contribution < -0.4 is 0 Å². The molecule has 0 N–H and O–H groups in total. The number of hydrogen-bond donors (Lipinski definition) is 0. The molecule has 0 spiro atoms. The summed E-state index contributed by atoms with van der Waals surface area (Å²) >= 11 is 0. The first-order chi connectivity index (χ1) is 7.79. The summed E-state index contributed by atoms with van der Waals surface area (Å²) in [7, 11) is 0. The predicted molar refractivity (Wildman–Crippen MR) is 66.1 cm³/mol. The fourth-order valence-electron chi connectivity index (χ4n) is 1.97. The highest BCUT2D eigenvalue weighted by molar-refractivity contribution is 5.22. The Balaban J connectivity index is 0.000000606. The Bertz CT molecular complexity index is 386. The Morgan fingerprint density at radius 2 is 1.88 bits per heavy atom. The molecular formula is C15H16N-. The highest BCUT2D eigenvalue weighted by Crippen LogP contribution is 2.31. The average molecular weight is 210 g/mol. The van der Waals surface area contributed by atoms with Crippen molar-refractivity contribution in [2.75, 3.05) is 0 Å². The molecule has 0 aromatic heterocycles. The van der Waals surface area contributed by atoms with E-state index in [2.05, 4.69) is 61.6 Å². The van der Waals surface area contributed by atoms with E-state index in [1.165, 1.54) is 5.56 Å². The average Bonchev–Trinajstić information content (AvgIpc) is 2.33. The Morgan fingerprint density at radius 3 is 2.44 bits per heavy atom. The number of rotatable bonds is 2. The van der Waals surface area contributed by atoms with Crippen molar-refractivity contribution in [3.8, 4) is 0 Å². The lowest BCUT2D eigenvalue weighted by Crippen LogP contribution is -2.17. The summed E-state index contributed by atoms with van der Waals surface area (Å²) in [5.74, 6) is 0. The molecule has 0 saturated carbocycles. The lowest BCUT2D eigenvalue weighted by atomic mass is 9.78. The summed E-state index contributed by atoms with van der Waals surface area (Å²) in [6.07, 6.45) is 11.1. The fraction of sp³-hybridized carbons (Fsp3) is 0.267. The summed E-state index contributed by atoms with van der Waals surface area (Å²) in [5, 5.41) is 6.25. The number of nitrogens with zero attached hydrogens (tertiary/aromatic N) is 1. The van der Waals surface area contributed by atoms with Gasteiger partial charge < -0.3 is 11.8 Å². The molecule has 0 saturated heterocycles. The SMILES string of the molecule is CC1(Cc2ccccc2)C=CC=CC1.[C-]#N. The maximum atomic E-state index is 6.25. The highest BCUT2D eigenvalue weighted by atomic mass is 14.2. The molecule has 0 aliphatic heterocycles.